The number of amides is 1. The third kappa shape index (κ3) is 4.05. The molecule has 104 valence electrons. The van der Waals surface area contributed by atoms with Crippen molar-refractivity contribution in [3.8, 4) is 0 Å². The van der Waals surface area contributed by atoms with Gasteiger partial charge in [-0.05, 0) is 56.8 Å². The Morgan fingerprint density at radius 2 is 2.11 bits per heavy atom. The minimum atomic E-state index is -0.377. The maximum Gasteiger partial charge on any atom is 0.240 e. The number of carbonyl (C=O) groups is 1. The number of carbonyl (C=O) groups excluding carboxylic acids is 1. The molecule has 1 aliphatic rings. The van der Waals surface area contributed by atoms with Crippen molar-refractivity contribution in [2.24, 2.45) is 0 Å². The SMILES string of the molecule is CC1(C(=O)NCCc2ccc(Br)cc2)CCCCN1. The Labute approximate surface area is 123 Å². The molecule has 4 heteroatoms. The highest BCUT2D eigenvalue weighted by Crippen LogP contribution is 2.18. The zero-order chi connectivity index (χ0) is 13.7. The van der Waals surface area contributed by atoms with Gasteiger partial charge < -0.3 is 10.6 Å². The van der Waals surface area contributed by atoms with Crippen LogP contribution >= 0.6 is 15.9 Å². The van der Waals surface area contributed by atoms with E-state index >= 15 is 0 Å². The van der Waals surface area contributed by atoms with Crippen molar-refractivity contribution >= 4 is 21.8 Å². The normalized spacial score (nSPS) is 23.1. The molecule has 2 N–H and O–H groups in total. The summed E-state index contributed by atoms with van der Waals surface area (Å²) in [7, 11) is 0. The van der Waals surface area contributed by atoms with Gasteiger partial charge in [0.15, 0.2) is 0 Å². The minimum Gasteiger partial charge on any atom is -0.354 e. The van der Waals surface area contributed by atoms with Crippen LogP contribution in [0.4, 0.5) is 0 Å². The second-order valence-corrected chi connectivity index (χ2v) is 6.26. The highest BCUT2D eigenvalue weighted by molar-refractivity contribution is 9.10. The first-order chi connectivity index (χ1) is 9.10. The van der Waals surface area contributed by atoms with Crippen LogP contribution < -0.4 is 10.6 Å². The highest BCUT2D eigenvalue weighted by Gasteiger charge is 2.33. The molecular weight excluding hydrogens is 304 g/mol. The summed E-state index contributed by atoms with van der Waals surface area (Å²) in [5.74, 6) is 0.129. The average Bonchev–Trinajstić information content (AvgIpc) is 2.42. The van der Waals surface area contributed by atoms with E-state index < -0.39 is 0 Å². The standard InChI is InChI=1S/C15H21BrN2O/c1-15(9-2-3-10-18-15)14(19)17-11-8-12-4-6-13(16)7-5-12/h4-7,18H,2-3,8-11H2,1H3,(H,17,19). The Balaban J connectivity index is 1.78. The largest absolute Gasteiger partial charge is 0.354 e. The van der Waals surface area contributed by atoms with Crippen molar-refractivity contribution in [1.29, 1.82) is 0 Å². The van der Waals surface area contributed by atoms with Gasteiger partial charge in [0.05, 0.1) is 5.54 Å². The topological polar surface area (TPSA) is 41.1 Å². The van der Waals surface area contributed by atoms with E-state index in [4.69, 9.17) is 0 Å². The Morgan fingerprint density at radius 1 is 1.37 bits per heavy atom. The van der Waals surface area contributed by atoms with Gasteiger partial charge in [0.25, 0.3) is 0 Å². The van der Waals surface area contributed by atoms with Gasteiger partial charge in [0.2, 0.25) is 5.91 Å². The zero-order valence-corrected chi connectivity index (χ0v) is 12.9. The van der Waals surface area contributed by atoms with Crippen LogP contribution in [0.1, 0.15) is 31.7 Å². The molecule has 0 bridgehead atoms. The summed E-state index contributed by atoms with van der Waals surface area (Å²) in [5.41, 5.74) is 0.864. The maximum absolute atomic E-state index is 12.2. The first-order valence-electron chi connectivity index (χ1n) is 6.88. The quantitative estimate of drug-likeness (QED) is 0.894. The van der Waals surface area contributed by atoms with Gasteiger partial charge in [-0.25, -0.2) is 0 Å². The van der Waals surface area contributed by atoms with Crippen molar-refractivity contribution in [3.63, 3.8) is 0 Å². The molecule has 1 atom stereocenters. The minimum absolute atomic E-state index is 0.129. The highest BCUT2D eigenvalue weighted by atomic mass is 79.9. The molecule has 3 nitrogen and oxygen atoms in total. The number of hydrogen-bond donors (Lipinski definition) is 2. The van der Waals surface area contributed by atoms with Crippen LogP contribution in [-0.4, -0.2) is 24.5 Å². The third-order valence-electron chi connectivity index (χ3n) is 3.73. The number of nitrogens with one attached hydrogen (secondary N) is 2. The van der Waals surface area contributed by atoms with E-state index in [0.29, 0.717) is 6.54 Å². The molecular formula is C15H21BrN2O. The number of piperidine rings is 1. The van der Waals surface area contributed by atoms with Crippen LogP contribution in [0.15, 0.2) is 28.7 Å². The van der Waals surface area contributed by atoms with E-state index in [0.717, 1.165) is 30.3 Å². The summed E-state index contributed by atoms with van der Waals surface area (Å²) in [6.45, 7) is 3.63. The van der Waals surface area contributed by atoms with Gasteiger partial charge in [-0.3, -0.25) is 4.79 Å². The van der Waals surface area contributed by atoms with Gasteiger partial charge in [0.1, 0.15) is 0 Å². The van der Waals surface area contributed by atoms with Gasteiger partial charge in [-0.2, -0.15) is 0 Å². The van der Waals surface area contributed by atoms with Gasteiger partial charge in [0, 0.05) is 11.0 Å². The van der Waals surface area contributed by atoms with E-state index in [1.165, 1.54) is 12.0 Å². The summed E-state index contributed by atoms with van der Waals surface area (Å²) >= 11 is 3.42. The molecule has 2 rings (SSSR count). The zero-order valence-electron chi connectivity index (χ0n) is 11.3. The lowest BCUT2D eigenvalue weighted by molar-refractivity contribution is -0.127. The van der Waals surface area contributed by atoms with E-state index in [-0.39, 0.29) is 11.4 Å². The molecule has 1 fully saturated rings. The first kappa shape index (κ1) is 14.5. The summed E-state index contributed by atoms with van der Waals surface area (Å²) < 4.78 is 1.08. The molecule has 1 saturated heterocycles. The van der Waals surface area contributed by atoms with Crippen molar-refractivity contribution in [1.82, 2.24) is 10.6 Å². The number of rotatable bonds is 4. The predicted octanol–water partition coefficient (Wildman–Crippen LogP) is 2.64. The number of halogens is 1. The molecule has 1 aliphatic heterocycles. The number of benzene rings is 1. The van der Waals surface area contributed by atoms with Crippen LogP contribution in [0.3, 0.4) is 0 Å². The maximum atomic E-state index is 12.2. The van der Waals surface area contributed by atoms with Crippen molar-refractivity contribution in [2.75, 3.05) is 13.1 Å². The van der Waals surface area contributed by atoms with E-state index in [1.54, 1.807) is 0 Å². The molecule has 1 aromatic rings. The lowest BCUT2D eigenvalue weighted by Crippen LogP contribution is -2.57. The number of hydrogen-bond acceptors (Lipinski definition) is 2. The van der Waals surface area contributed by atoms with E-state index in [9.17, 15) is 4.79 Å². The van der Waals surface area contributed by atoms with Gasteiger partial charge in [-0.15, -0.1) is 0 Å². The second-order valence-electron chi connectivity index (χ2n) is 5.35. The fourth-order valence-corrected chi connectivity index (χ4v) is 2.68. The smallest absolute Gasteiger partial charge is 0.240 e. The molecule has 0 spiro atoms. The van der Waals surface area contributed by atoms with Crippen molar-refractivity contribution in [2.45, 2.75) is 38.1 Å². The summed E-state index contributed by atoms with van der Waals surface area (Å²) in [5, 5.41) is 6.38. The molecule has 0 aliphatic carbocycles. The lowest BCUT2D eigenvalue weighted by atomic mass is 9.90. The van der Waals surface area contributed by atoms with Crippen LogP contribution in [-0.2, 0) is 11.2 Å². The monoisotopic (exact) mass is 324 g/mol. The first-order valence-corrected chi connectivity index (χ1v) is 7.67. The van der Waals surface area contributed by atoms with Crippen molar-refractivity contribution < 1.29 is 4.79 Å². The van der Waals surface area contributed by atoms with E-state index in [1.807, 2.05) is 19.1 Å². The second kappa shape index (κ2) is 6.53. The molecule has 1 heterocycles. The third-order valence-corrected chi connectivity index (χ3v) is 4.26. The van der Waals surface area contributed by atoms with E-state index in [2.05, 4.69) is 38.7 Å². The molecule has 19 heavy (non-hydrogen) atoms. The summed E-state index contributed by atoms with van der Waals surface area (Å²) in [6, 6.07) is 8.22. The van der Waals surface area contributed by atoms with Crippen LogP contribution in [0.5, 0.6) is 0 Å². The molecule has 1 aromatic carbocycles. The van der Waals surface area contributed by atoms with Crippen LogP contribution in [0.2, 0.25) is 0 Å². The fourth-order valence-electron chi connectivity index (χ4n) is 2.42. The van der Waals surface area contributed by atoms with Crippen LogP contribution in [0.25, 0.3) is 0 Å². The Kier molecular flexibility index (Phi) is 4.99. The summed E-state index contributed by atoms with van der Waals surface area (Å²) in [4.78, 5) is 12.2. The molecule has 1 unspecified atom stereocenters. The molecule has 1 amide bonds. The molecule has 0 saturated carbocycles. The Morgan fingerprint density at radius 3 is 2.74 bits per heavy atom. The molecule has 0 radical (unpaired) electrons. The Hall–Kier alpha value is -0.870. The van der Waals surface area contributed by atoms with Gasteiger partial charge >= 0.3 is 0 Å². The van der Waals surface area contributed by atoms with Crippen molar-refractivity contribution in [3.05, 3.63) is 34.3 Å². The molecule has 0 aromatic heterocycles. The lowest BCUT2D eigenvalue weighted by Gasteiger charge is -2.33. The fraction of sp³-hybridized carbons (Fsp3) is 0.533. The van der Waals surface area contributed by atoms with Gasteiger partial charge in [-0.1, -0.05) is 28.1 Å². The predicted molar refractivity (Wildman–Crippen MR) is 81.1 cm³/mol. The average molecular weight is 325 g/mol. The Bertz CT molecular complexity index is 424. The summed E-state index contributed by atoms with van der Waals surface area (Å²) in [6.07, 6.45) is 4.09. The van der Waals surface area contributed by atoms with Crippen LogP contribution in [0, 0.1) is 0 Å².